The highest BCUT2D eigenvalue weighted by Crippen LogP contribution is 2.14. The maximum Gasteiger partial charge on any atom is 0.303 e. The molecule has 0 aliphatic rings. The van der Waals surface area contributed by atoms with Gasteiger partial charge in [0, 0.05) is 6.42 Å². The van der Waals surface area contributed by atoms with Crippen LogP contribution >= 0.6 is 0 Å². The van der Waals surface area contributed by atoms with Crippen molar-refractivity contribution in [2.75, 3.05) is 0 Å². The van der Waals surface area contributed by atoms with Crippen molar-refractivity contribution >= 4 is 21.8 Å². The van der Waals surface area contributed by atoms with Crippen LogP contribution in [0.25, 0.3) is 0 Å². The molecule has 0 amide bonds. The number of carboxylic acids is 1. The maximum atomic E-state index is 12.6. The van der Waals surface area contributed by atoms with Gasteiger partial charge >= 0.3 is 5.97 Å². The molecule has 0 radical (unpaired) electrons. The Labute approximate surface area is 152 Å². The number of carbonyl (C=O) groups excluding carboxylic acids is 1. The monoisotopic (exact) mass is 375 g/mol. The molecule has 2 N–H and O–H groups in total. The first-order valence-electron chi connectivity index (χ1n) is 8.15. The van der Waals surface area contributed by atoms with Gasteiger partial charge < -0.3 is 5.11 Å². The third-order valence-corrected chi connectivity index (χ3v) is 5.37. The van der Waals surface area contributed by atoms with Gasteiger partial charge in [-0.25, -0.2) is 13.1 Å². The van der Waals surface area contributed by atoms with E-state index in [0.717, 1.165) is 11.1 Å². The number of benzene rings is 2. The summed E-state index contributed by atoms with van der Waals surface area (Å²) in [5.41, 5.74) is 1.70. The molecule has 0 aliphatic carbocycles. The molecule has 0 spiro atoms. The highest BCUT2D eigenvalue weighted by atomic mass is 32.2. The first kappa shape index (κ1) is 19.8. The summed E-state index contributed by atoms with van der Waals surface area (Å²) in [7, 11) is -3.90. The molecule has 0 saturated carbocycles. The van der Waals surface area contributed by atoms with Crippen molar-refractivity contribution in [1.82, 2.24) is 4.72 Å². The predicted molar refractivity (Wildman–Crippen MR) is 97.3 cm³/mol. The second kappa shape index (κ2) is 8.73. The van der Waals surface area contributed by atoms with Crippen LogP contribution in [0.1, 0.15) is 24.0 Å². The number of carbonyl (C=O) groups is 2. The average molecular weight is 375 g/mol. The molecule has 0 unspecified atom stereocenters. The average Bonchev–Trinajstić information content (AvgIpc) is 2.60. The van der Waals surface area contributed by atoms with Gasteiger partial charge in [-0.2, -0.15) is 0 Å². The summed E-state index contributed by atoms with van der Waals surface area (Å²) in [5.74, 6) is -1.55. The largest absolute Gasteiger partial charge is 0.481 e. The summed E-state index contributed by atoms with van der Waals surface area (Å²) in [4.78, 5) is 23.2. The van der Waals surface area contributed by atoms with Crippen LogP contribution in [0.15, 0.2) is 59.5 Å². The van der Waals surface area contributed by atoms with Crippen molar-refractivity contribution in [3.63, 3.8) is 0 Å². The minimum Gasteiger partial charge on any atom is -0.481 e. The van der Waals surface area contributed by atoms with E-state index in [1.807, 2.05) is 13.0 Å². The lowest BCUT2D eigenvalue weighted by molar-refractivity contribution is -0.138. The van der Waals surface area contributed by atoms with E-state index >= 15 is 0 Å². The van der Waals surface area contributed by atoms with Crippen LogP contribution in [0.3, 0.4) is 0 Å². The molecule has 6 nitrogen and oxygen atoms in total. The molecule has 0 saturated heterocycles. The van der Waals surface area contributed by atoms with Crippen LogP contribution in [0.5, 0.6) is 0 Å². The zero-order valence-corrected chi connectivity index (χ0v) is 15.2. The molecule has 0 aliphatic heterocycles. The molecule has 0 aromatic heterocycles. The number of nitrogens with one attached hydrogen (secondary N) is 1. The first-order chi connectivity index (χ1) is 12.3. The number of rotatable bonds is 9. The summed E-state index contributed by atoms with van der Waals surface area (Å²) in [6.07, 6.45) is -0.413. The summed E-state index contributed by atoms with van der Waals surface area (Å²) in [5, 5.41) is 8.78. The Morgan fingerprint density at radius 1 is 1.00 bits per heavy atom. The summed E-state index contributed by atoms with van der Waals surface area (Å²) in [6.45, 7) is 1.84. The van der Waals surface area contributed by atoms with E-state index < -0.39 is 27.8 Å². The lowest BCUT2D eigenvalue weighted by atomic mass is 10.0. The van der Waals surface area contributed by atoms with Gasteiger partial charge in [0.2, 0.25) is 10.0 Å². The number of aliphatic carboxylic acids is 1. The van der Waals surface area contributed by atoms with Gasteiger partial charge in [0.1, 0.15) is 0 Å². The maximum absolute atomic E-state index is 12.6. The molecule has 138 valence electrons. The van der Waals surface area contributed by atoms with Gasteiger partial charge in [-0.15, -0.1) is 0 Å². The highest BCUT2D eigenvalue weighted by molar-refractivity contribution is 7.89. The molecular weight excluding hydrogens is 354 g/mol. The Bertz CT molecular complexity index is 861. The minimum absolute atomic E-state index is 0.0622. The summed E-state index contributed by atoms with van der Waals surface area (Å²) < 4.78 is 27.6. The van der Waals surface area contributed by atoms with Crippen molar-refractivity contribution in [3.8, 4) is 0 Å². The van der Waals surface area contributed by atoms with Gasteiger partial charge in [0.05, 0.1) is 17.4 Å². The lowest BCUT2D eigenvalue weighted by Gasteiger charge is -2.18. The molecule has 0 heterocycles. The van der Waals surface area contributed by atoms with Crippen LogP contribution in [0.4, 0.5) is 0 Å². The first-order valence-corrected chi connectivity index (χ1v) is 9.63. The second-order valence-corrected chi connectivity index (χ2v) is 7.75. The van der Waals surface area contributed by atoms with E-state index in [1.165, 1.54) is 12.1 Å². The van der Waals surface area contributed by atoms with Crippen LogP contribution in [0, 0.1) is 6.92 Å². The zero-order chi connectivity index (χ0) is 19.2. The number of hydrogen-bond donors (Lipinski definition) is 2. The van der Waals surface area contributed by atoms with E-state index in [4.69, 9.17) is 5.11 Å². The van der Waals surface area contributed by atoms with Gasteiger partial charge in [0.15, 0.2) is 5.78 Å². The van der Waals surface area contributed by atoms with Crippen molar-refractivity contribution < 1.29 is 23.1 Å². The van der Waals surface area contributed by atoms with Crippen molar-refractivity contribution in [2.45, 2.75) is 37.1 Å². The van der Waals surface area contributed by atoms with E-state index in [9.17, 15) is 18.0 Å². The Morgan fingerprint density at radius 3 is 2.19 bits per heavy atom. The van der Waals surface area contributed by atoms with Crippen molar-refractivity contribution in [2.24, 2.45) is 0 Å². The summed E-state index contributed by atoms with van der Waals surface area (Å²) in [6, 6.07) is 14.3. The van der Waals surface area contributed by atoms with Crippen molar-refractivity contribution in [3.05, 3.63) is 65.7 Å². The fourth-order valence-corrected chi connectivity index (χ4v) is 3.67. The molecule has 0 bridgehead atoms. The van der Waals surface area contributed by atoms with Crippen LogP contribution in [-0.2, 0) is 26.0 Å². The fourth-order valence-electron chi connectivity index (χ4n) is 2.45. The Hall–Kier alpha value is -2.51. The van der Waals surface area contributed by atoms with E-state index in [0.29, 0.717) is 0 Å². The molecule has 26 heavy (non-hydrogen) atoms. The molecule has 2 aromatic carbocycles. The number of ketones is 1. The Kier molecular flexibility index (Phi) is 6.65. The number of hydrogen-bond acceptors (Lipinski definition) is 4. The topological polar surface area (TPSA) is 101 Å². The minimum atomic E-state index is -3.90. The molecular formula is C19H21NO5S. The molecule has 7 heteroatoms. The SMILES string of the molecule is Cc1ccc(S(=O)(=O)N[C@H](Cc2ccccc2)C(=O)CCC(=O)O)cc1. The van der Waals surface area contributed by atoms with Gasteiger partial charge in [-0.3, -0.25) is 9.59 Å². The number of sulfonamides is 1. The Morgan fingerprint density at radius 2 is 1.62 bits per heavy atom. The highest BCUT2D eigenvalue weighted by Gasteiger charge is 2.26. The molecule has 2 aromatic rings. The van der Waals surface area contributed by atoms with Gasteiger partial charge in [-0.05, 0) is 31.0 Å². The predicted octanol–water partition coefficient (Wildman–Crippen LogP) is 2.32. The zero-order valence-electron chi connectivity index (χ0n) is 14.4. The quantitative estimate of drug-likeness (QED) is 0.700. The number of Topliss-reactive ketones (excluding diaryl/α,β-unsaturated/α-hetero) is 1. The van der Waals surface area contributed by atoms with Gasteiger partial charge in [-0.1, -0.05) is 48.0 Å². The lowest BCUT2D eigenvalue weighted by Crippen LogP contribution is -2.42. The molecule has 2 rings (SSSR count). The third kappa shape index (κ3) is 5.79. The van der Waals surface area contributed by atoms with Gasteiger partial charge in [0.25, 0.3) is 0 Å². The third-order valence-electron chi connectivity index (χ3n) is 3.89. The van der Waals surface area contributed by atoms with E-state index in [2.05, 4.69) is 4.72 Å². The fraction of sp³-hybridized carbons (Fsp3) is 0.263. The van der Waals surface area contributed by atoms with Crippen molar-refractivity contribution in [1.29, 1.82) is 0 Å². The van der Waals surface area contributed by atoms with Crippen LogP contribution in [-0.4, -0.2) is 31.3 Å². The molecule has 1 atom stereocenters. The smallest absolute Gasteiger partial charge is 0.303 e. The number of carboxylic acid groups (broad SMARTS) is 1. The second-order valence-electron chi connectivity index (χ2n) is 6.04. The Balaban J connectivity index is 2.23. The van der Waals surface area contributed by atoms with Crippen LogP contribution < -0.4 is 4.72 Å². The normalized spacial score (nSPS) is 12.5. The van der Waals surface area contributed by atoms with E-state index in [-0.39, 0.29) is 24.2 Å². The van der Waals surface area contributed by atoms with Crippen LogP contribution in [0.2, 0.25) is 0 Å². The summed E-state index contributed by atoms with van der Waals surface area (Å²) >= 11 is 0. The molecule has 0 fully saturated rings. The van der Waals surface area contributed by atoms with E-state index in [1.54, 1.807) is 36.4 Å². The standard InChI is InChI=1S/C19H21NO5S/c1-14-7-9-16(10-8-14)26(24,25)20-17(18(21)11-12-19(22)23)13-15-5-3-2-4-6-15/h2-10,17,20H,11-13H2,1H3,(H,22,23)/t17-/m1/s1. The number of aryl methyl sites for hydroxylation is 1.